The minimum atomic E-state index is -1.77. The van der Waals surface area contributed by atoms with Crippen molar-refractivity contribution in [2.45, 2.75) is 80.4 Å². The molecule has 1 aromatic carbocycles. The molecule has 0 spiro atoms. The summed E-state index contributed by atoms with van der Waals surface area (Å²) in [6.45, 7) is -1.11. The fourth-order valence-corrected chi connectivity index (χ4v) is 5.21. The first kappa shape index (κ1) is 29.7. The van der Waals surface area contributed by atoms with Crippen LogP contribution < -0.4 is 0 Å². The second-order valence-electron chi connectivity index (χ2n) is 10.3. The Morgan fingerprint density at radius 2 is 1.63 bits per heavy atom. The quantitative estimate of drug-likeness (QED) is 0.153. The molecule has 11 atom stereocenters. The number of amides is 1. The number of cyclic esters (lactones) is 1. The molecular formula is C25H34N4O12. The fraction of sp³-hybridized carbons (Fsp3) is 0.640. The number of rotatable bonds is 9. The Morgan fingerprint density at radius 1 is 0.902 bits per heavy atom. The molecule has 5 rings (SSSR count). The van der Waals surface area contributed by atoms with Gasteiger partial charge in [-0.1, -0.05) is 35.5 Å². The second-order valence-corrected chi connectivity index (χ2v) is 10.3. The molecule has 41 heavy (non-hydrogen) atoms. The minimum absolute atomic E-state index is 0.0635. The molecule has 7 N–H and O–H groups in total. The zero-order valence-corrected chi connectivity index (χ0v) is 21.8. The molecule has 3 fully saturated rings. The maximum absolute atomic E-state index is 12.4. The van der Waals surface area contributed by atoms with Crippen molar-refractivity contribution in [1.82, 2.24) is 19.9 Å². The number of aliphatic hydroxyl groups excluding tert-OH is 7. The third-order valence-electron chi connectivity index (χ3n) is 7.52. The first-order valence-electron chi connectivity index (χ1n) is 13.2. The molecule has 3 aliphatic heterocycles. The summed E-state index contributed by atoms with van der Waals surface area (Å²) in [6, 6.07) is 9.40. The summed E-state index contributed by atoms with van der Waals surface area (Å²) in [6.07, 6.45) is -13.9. The van der Waals surface area contributed by atoms with Crippen LogP contribution in [0.4, 0.5) is 4.79 Å². The second kappa shape index (κ2) is 12.6. The van der Waals surface area contributed by atoms with Gasteiger partial charge in [-0.25, -0.2) is 9.48 Å². The maximum atomic E-state index is 12.4. The van der Waals surface area contributed by atoms with E-state index in [9.17, 15) is 40.5 Å². The van der Waals surface area contributed by atoms with Crippen molar-refractivity contribution < 1.29 is 59.5 Å². The van der Waals surface area contributed by atoms with Crippen LogP contribution in [0, 0.1) is 0 Å². The van der Waals surface area contributed by atoms with Crippen LogP contribution in [0.2, 0.25) is 0 Å². The van der Waals surface area contributed by atoms with E-state index in [1.165, 1.54) is 11.1 Å². The Morgan fingerprint density at radius 3 is 2.34 bits per heavy atom. The van der Waals surface area contributed by atoms with Crippen LogP contribution in [0.3, 0.4) is 0 Å². The standard InChI is InChI=1S/C25H34N4O12/c30-9-15-17(32)18(33)21(36)24(40-15)41-22-16(10-31)39-23(20(35)19(22)34)29-8-13(26-27-29)7-28-14(11-38-25(28)37)6-12-4-2-1-3-5-12/h1-5,8,14-24,30-36H,6-7,9-11H2/t14-,15-,16-,17+,18+,19-,20-,21-,22-,23-,24+/m1/s1. The molecule has 4 heterocycles. The van der Waals surface area contributed by atoms with Gasteiger partial charge in [0.15, 0.2) is 12.5 Å². The third-order valence-corrected chi connectivity index (χ3v) is 7.52. The SMILES string of the molecule is O=C1OC[C@@H](Cc2ccccc2)N1Cc1cn([C@@H]2O[C@H](CO)[C@@H](O[C@@H]3O[C@H](CO)[C@H](O)[C@H](O)[C@H]3O)[C@H](O)[C@H]2O)nn1. The Balaban J connectivity index is 1.25. The van der Waals surface area contributed by atoms with E-state index < -0.39 is 80.7 Å². The topological polar surface area (TPSA) is 230 Å². The van der Waals surface area contributed by atoms with E-state index in [1.54, 1.807) is 0 Å². The van der Waals surface area contributed by atoms with E-state index in [-0.39, 0.29) is 19.2 Å². The van der Waals surface area contributed by atoms with E-state index in [4.69, 9.17) is 18.9 Å². The predicted molar refractivity (Wildman–Crippen MR) is 132 cm³/mol. The number of aromatic nitrogens is 3. The van der Waals surface area contributed by atoms with Gasteiger partial charge in [0.05, 0.1) is 32.0 Å². The monoisotopic (exact) mass is 582 g/mol. The van der Waals surface area contributed by atoms with E-state index in [0.29, 0.717) is 12.1 Å². The number of benzene rings is 1. The lowest BCUT2D eigenvalue weighted by atomic mass is 9.96. The normalized spacial score (nSPS) is 37.8. The van der Waals surface area contributed by atoms with Gasteiger partial charge in [0.1, 0.15) is 61.1 Å². The van der Waals surface area contributed by atoms with Crippen molar-refractivity contribution in [2.75, 3.05) is 19.8 Å². The molecular weight excluding hydrogens is 548 g/mol. The van der Waals surface area contributed by atoms with Crippen LogP contribution in [0.5, 0.6) is 0 Å². The first-order valence-corrected chi connectivity index (χ1v) is 13.2. The number of ether oxygens (including phenoxy) is 4. The first-order chi connectivity index (χ1) is 19.7. The molecule has 0 saturated carbocycles. The molecule has 2 aromatic rings. The van der Waals surface area contributed by atoms with Gasteiger partial charge in [-0.05, 0) is 12.0 Å². The molecule has 16 nitrogen and oxygen atoms in total. The molecule has 16 heteroatoms. The number of hydrogen-bond donors (Lipinski definition) is 7. The predicted octanol–water partition coefficient (Wildman–Crippen LogP) is -3.36. The Bertz CT molecular complexity index is 1150. The molecule has 226 valence electrons. The van der Waals surface area contributed by atoms with Crippen LogP contribution in [0.25, 0.3) is 0 Å². The van der Waals surface area contributed by atoms with Gasteiger partial charge in [0, 0.05) is 0 Å². The van der Waals surface area contributed by atoms with E-state index in [2.05, 4.69) is 10.3 Å². The summed E-state index contributed by atoms with van der Waals surface area (Å²) in [5.41, 5.74) is 1.39. The van der Waals surface area contributed by atoms with Crippen LogP contribution in [0.1, 0.15) is 17.5 Å². The van der Waals surface area contributed by atoms with Crippen molar-refractivity contribution in [3.8, 4) is 0 Å². The molecule has 0 radical (unpaired) electrons. The van der Waals surface area contributed by atoms with Crippen LogP contribution in [-0.4, -0.2) is 143 Å². The highest BCUT2D eigenvalue weighted by molar-refractivity contribution is 5.70. The Kier molecular flexibility index (Phi) is 9.15. The summed E-state index contributed by atoms with van der Waals surface area (Å²) in [4.78, 5) is 13.9. The summed E-state index contributed by atoms with van der Waals surface area (Å²) < 4.78 is 23.0. The van der Waals surface area contributed by atoms with Gasteiger partial charge in [-0.2, -0.15) is 0 Å². The molecule has 3 aliphatic rings. The number of nitrogens with zero attached hydrogens (tertiary/aromatic N) is 4. The smallest absolute Gasteiger partial charge is 0.410 e. The van der Waals surface area contributed by atoms with Crippen molar-refractivity contribution in [2.24, 2.45) is 0 Å². The van der Waals surface area contributed by atoms with Crippen LogP contribution in [0.15, 0.2) is 36.5 Å². The highest BCUT2D eigenvalue weighted by atomic mass is 16.7. The van der Waals surface area contributed by atoms with Gasteiger partial charge >= 0.3 is 6.09 Å². The van der Waals surface area contributed by atoms with E-state index in [1.807, 2.05) is 30.3 Å². The lowest BCUT2D eigenvalue weighted by Crippen LogP contribution is -2.63. The van der Waals surface area contributed by atoms with Crippen molar-refractivity contribution in [1.29, 1.82) is 0 Å². The third kappa shape index (κ3) is 6.07. The summed E-state index contributed by atoms with van der Waals surface area (Å²) in [5, 5.41) is 79.4. The number of carbonyl (C=O) groups is 1. The minimum Gasteiger partial charge on any atom is -0.447 e. The molecule has 1 amide bonds. The van der Waals surface area contributed by atoms with E-state index in [0.717, 1.165) is 10.2 Å². The highest BCUT2D eigenvalue weighted by Crippen LogP contribution is 2.33. The zero-order chi connectivity index (χ0) is 29.3. The van der Waals surface area contributed by atoms with Crippen molar-refractivity contribution in [3.05, 3.63) is 47.8 Å². The van der Waals surface area contributed by atoms with Crippen LogP contribution in [-0.2, 0) is 31.9 Å². The molecule has 3 saturated heterocycles. The maximum Gasteiger partial charge on any atom is 0.410 e. The van der Waals surface area contributed by atoms with Gasteiger partial charge in [-0.3, -0.25) is 4.90 Å². The fourth-order valence-electron chi connectivity index (χ4n) is 5.21. The largest absolute Gasteiger partial charge is 0.447 e. The Hall–Kier alpha value is -2.77. The van der Waals surface area contributed by atoms with E-state index >= 15 is 0 Å². The molecule has 1 aromatic heterocycles. The number of aliphatic hydroxyl groups is 7. The summed E-state index contributed by atoms with van der Waals surface area (Å²) in [5.74, 6) is 0. The number of hydrogen-bond acceptors (Lipinski definition) is 14. The summed E-state index contributed by atoms with van der Waals surface area (Å²) in [7, 11) is 0. The van der Waals surface area contributed by atoms with Crippen LogP contribution >= 0.6 is 0 Å². The zero-order valence-electron chi connectivity index (χ0n) is 21.8. The Labute approximate surface area is 233 Å². The highest BCUT2D eigenvalue weighted by Gasteiger charge is 2.51. The lowest BCUT2D eigenvalue weighted by Gasteiger charge is -2.45. The lowest BCUT2D eigenvalue weighted by molar-refractivity contribution is -0.347. The number of carbonyl (C=O) groups excluding carboxylic acids is 1. The molecule has 0 bridgehead atoms. The van der Waals surface area contributed by atoms with Crippen molar-refractivity contribution >= 4 is 6.09 Å². The molecule has 0 unspecified atom stereocenters. The average Bonchev–Trinajstić information content (AvgIpc) is 3.58. The average molecular weight is 583 g/mol. The summed E-state index contributed by atoms with van der Waals surface area (Å²) >= 11 is 0. The van der Waals surface area contributed by atoms with Gasteiger partial charge in [0.25, 0.3) is 0 Å². The van der Waals surface area contributed by atoms with Crippen molar-refractivity contribution in [3.63, 3.8) is 0 Å². The molecule has 0 aliphatic carbocycles. The van der Waals surface area contributed by atoms with Gasteiger partial charge in [0.2, 0.25) is 0 Å². The van der Waals surface area contributed by atoms with Gasteiger partial charge < -0.3 is 54.7 Å². The van der Waals surface area contributed by atoms with Gasteiger partial charge in [-0.15, -0.1) is 5.10 Å².